The zero-order valence-electron chi connectivity index (χ0n) is 6.34. The summed E-state index contributed by atoms with van der Waals surface area (Å²) in [5.41, 5.74) is 5.31. The summed E-state index contributed by atoms with van der Waals surface area (Å²) in [5.74, 6) is -0.845. The number of benzene rings is 1. The molecule has 4 N–H and O–H groups in total. The van der Waals surface area contributed by atoms with Gasteiger partial charge < -0.3 is 20.7 Å². The molecule has 66 valence electrons. The lowest BCUT2D eigenvalue weighted by Crippen LogP contribution is -1.90. The third-order valence-electron chi connectivity index (χ3n) is 1.42. The third-order valence-corrected chi connectivity index (χ3v) is 1.70. The number of rotatable bonds is 1. The van der Waals surface area contributed by atoms with Crippen molar-refractivity contribution in [1.29, 1.82) is 0 Å². The molecule has 1 rings (SSSR count). The number of nitrogen functional groups attached to an aromatic ring is 1. The molecule has 0 heterocycles. The number of hydrogen-bond donors (Lipinski definition) is 3. The first kappa shape index (κ1) is 8.80. The van der Waals surface area contributed by atoms with Crippen LogP contribution in [0.3, 0.4) is 0 Å². The van der Waals surface area contributed by atoms with E-state index in [1.165, 1.54) is 13.2 Å². The van der Waals surface area contributed by atoms with E-state index in [4.69, 9.17) is 27.2 Å². The number of anilines is 1. The molecule has 0 saturated carbocycles. The van der Waals surface area contributed by atoms with Gasteiger partial charge in [0.15, 0.2) is 11.5 Å². The Labute approximate surface area is 74.1 Å². The SMILES string of the molecule is COc1c(Cl)cc(N)c(O)c1O. The number of phenolic OH excluding ortho intramolecular Hbond substituents is 2. The molecular weight excluding hydrogens is 182 g/mol. The highest BCUT2D eigenvalue weighted by Gasteiger charge is 2.14. The van der Waals surface area contributed by atoms with Crippen molar-refractivity contribution in [2.45, 2.75) is 0 Å². The summed E-state index contributed by atoms with van der Waals surface area (Å²) in [6.45, 7) is 0. The molecule has 0 unspecified atom stereocenters. The van der Waals surface area contributed by atoms with Gasteiger partial charge >= 0.3 is 0 Å². The van der Waals surface area contributed by atoms with E-state index in [-0.39, 0.29) is 16.5 Å². The molecule has 0 atom stereocenters. The average molecular weight is 190 g/mol. The van der Waals surface area contributed by atoms with E-state index < -0.39 is 11.5 Å². The van der Waals surface area contributed by atoms with Crippen molar-refractivity contribution >= 4 is 17.3 Å². The van der Waals surface area contributed by atoms with Crippen LogP contribution < -0.4 is 10.5 Å². The second kappa shape index (κ2) is 2.98. The summed E-state index contributed by atoms with van der Waals surface area (Å²) in [4.78, 5) is 0. The lowest BCUT2D eigenvalue weighted by Gasteiger charge is -2.08. The minimum absolute atomic E-state index is 0.0123. The molecular formula is C7H8ClNO3. The maximum absolute atomic E-state index is 9.22. The largest absolute Gasteiger partial charge is 0.503 e. The van der Waals surface area contributed by atoms with Crippen LogP contribution in [0.15, 0.2) is 6.07 Å². The van der Waals surface area contributed by atoms with E-state index in [1.807, 2.05) is 0 Å². The normalized spacial score (nSPS) is 9.83. The Balaban J connectivity index is 3.40. The van der Waals surface area contributed by atoms with Crippen molar-refractivity contribution in [1.82, 2.24) is 0 Å². The number of aromatic hydroxyl groups is 2. The summed E-state index contributed by atoms with van der Waals surface area (Å²) < 4.78 is 4.71. The predicted molar refractivity (Wildman–Crippen MR) is 45.7 cm³/mol. The van der Waals surface area contributed by atoms with Crippen LogP contribution in [0.25, 0.3) is 0 Å². The quantitative estimate of drug-likeness (QED) is 0.460. The third kappa shape index (κ3) is 1.21. The van der Waals surface area contributed by atoms with Crippen molar-refractivity contribution in [2.75, 3.05) is 12.8 Å². The lowest BCUT2D eigenvalue weighted by atomic mass is 10.2. The minimum Gasteiger partial charge on any atom is -0.503 e. The Morgan fingerprint density at radius 3 is 2.50 bits per heavy atom. The Hall–Kier alpha value is -1.29. The van der Waals surface area contributed by atoms with Crippen LogP contribution in [0, 0.1) is 0 Å². The van der Waals surface area contributed by atoms with Gasteiger partial charge in [-0.25, -0.2) is 0 Å². The Bertz CT molecular complexity index is 314. The first-order chi connectivity index (χ1) is 5.57. The summed E-state index contributed by atoms with van der Waals surface area (Å²) in [6.07, 6.45) is 0. The molecule has 0 amide bonds. The molecule has 4 nitrogen and oxygen atoms in total. The van der Waals surface area contributed by atoms with E-state index in [0.29, 0.717) is 0 Å². The van der Waals surface area contributed by atoms with Gasteiger partial charge in [-0.1, -0.05) is 11.6 Å². The van der Waals surface area contributed by atoms with Crippen LogP contribution in [0.1, 0.15) is 0 Å². The van der Waals surface area contributed by atoms with Gasteiger partial charge in [-0.2, -0.15) is 0 Å². The van der Waals surface area contributed by atoms with Gasteiger partial charge in [0.2, 0.25) is 5.75 Å². The number of halogens is 1. The standard InChI is InChI=1S/C7H8ClNO3/c1-12-7-3(8)2-4(9)5(10)6(7)11/h2,10-11H,9H2,1H3. The van der Waals surface area contributed by atoms with Gasteiger partial charge in [-0.15, -0.1) is 0 Å². The molecule has 1 aromatic rings. The second-order valence-electron chi connectivity index (χ2n) is 2.18. The zero-order valence-corrected chi connectivity index (χ0v) is 7.09. The molecule has 0 aliphatic heterocycles. The molecule has 0 aromatic heterocycles. The number of nitrogens with two attached hydrogens (primary N) is 1. The van der Waals surface area contributed by atoms with Gasteiger partial charge in [-0.3, -0.25) is 0 Å². The molecule has 0 bridgehead atoms. The number of phenols is 2. The van der Waals surface area contributed by atoms with Crippen molar-refractivity contribution in [2.24, 2.45) is 0 Å². The highest BCUT2D eigenvalue weighted by molar-refractivity contribution is 6.32. The molecule has 0 saturated heterocycles. The Morgan fingerprint density at radius 2 is 2.00 bits per heavy atom. The van der Waals surface area contributed by atoms with Crippen LogP contribution in [0.2, 0.25) is 5.02 Å². The van der Waals surface area contributed by atoms with Crippen LogP contribution in [-0.4, -0.2) is 17.3 Å². The van der Waals surface area contributed by atoms with Crippen molar-refractivity contribution in [3.8, 4) is 17.2 Å². The highest BCUT2D eigenvalue weighted by Crippen LogP contribution is 2.44. The van der Waals surface area contributed by atoms with Crippen LogP contribution in [-0.2, 0) is 0 Å². The van der Waals surface area contributed by atoms with E-state index in [1.54, 1.807) is 0 Å². The van der Waals surface area contributed by atoms with E-state index >= 15 is 0 Å². The molecule has 0 aliphatic carbocycles. The number of ether oxygens (including phenoxy) is 1. The van der Waals surface area contributed by atoms with Gasteiger partial charge in [0, 0.05) is 0 Å². The van der Waals surface area contributed by atoms with Crippen LogP contribution in [0.5, 0.6) is 17.2 Å². The Morgan fingerprint density at radius 1 is 1.42 bits per heavy atom. The van der Waals surface area contributed by atoms with E-state index in [2.05, 4.69) is 0 Å². The topological polar surface area (TPSA) is 75.7 Å². The fourth-order valence-corrected chi connectivity index (χ4v) is 1.11. The second-order valence-corrected chi connectivity index (χ2v) is 2.59. The van der Waals surface area contributed by atoms with Gasteiger partial charge in [0.1, 0.15) is 0 Å². The van der Waals surface area contributed by atoms with Crippen molar-refractivity contribution in [3.05, 3.63) is 11.1 Å². The van der Waals surface area contributed by atoms with Crippen LogP contribution >= 0.6 is 11.6 Å². The Kier molecular flexibility index (Phi) is 2.19. The maximum Gasteiger partial charge on any atom is 0.204 e. The number of methoxy groups -OCH3 is 1. The van der Waals surface area contributed by atoms with Crippen molar-refractivity contribution < 1.29 is 14.9 Å². The average Bonchev–Trinajstić information content (AvgIpc) is 2.01. The smallest absolute Gasteiger partial charge is 0.204 e. The lowest BCUT2D eigenvalue weighted by molar-refractivity contribution is 0.352. The monoisotopic (exact) mass is 189 g/mol. The first-order valence-corrected chi connectivity index (χ1v) is 3.49. The van der Waals surface area contributed by atoms with E-state index in [0.717, 1.165) is 0 Å². The summed E-state index contributed by atoms with van der Waals surface area (Å²) in [6, 6.07) is 1.30. The summed E-state index contributed by atoms with van der Waals surface area (Å²) in [5, 5.41) is 18.5. The molecule has 0 radical (unpaired) electrons. The fraction of sp³-hybridized carbons (Fsp3) is 0.143. The molecule has 0 aliphatic rings. The van der Waals surface area contributed by atoms with Crippen molar-refractivity contribution in [3.63, 3.8) is 0 Å². The van der Waals surface area contributed by atoms with Crippen LogP contribution in [0.4, 0.5) is 5.69 Å². The number of hydrogen-bond acceptors (Lipinski definition) is 4. The molecule has 5 heteroatoms. The molecule has 0 spiro atoms. The summed E-state index contributed by atoms with van der Waals surface area (Å²) >= 11 is 5.63. The molecule has 12 heavy (non-hydrogen) atoms. The van der Waals surface area contributed by atoms with Gasteiger partial charge in [0.05, 0.1) is 17.8 Å². The minimum atomic E-state index is -0.442. The first-order valence-electron chi connectivity index (χ1n) is 3.11. The molecule has 0 fully saturated rings. The fourth-order valence-electron chi connectivity index (χ4n) is 0.822. The highest BCUT2D eigenvalue weighted by atomic mass is 35.5. The predicted octanol–water partition coefficient (Wildman–Crippen LogP) is 1.34. The van der Waals surface area contributed by atoms with Gasteiger partial charge in [-0.05, 0) is 6.07 Å². The van der Waals surface area contributed by atoms with Gasteiger partial charge in [0.25, 0.3) is 0 Å². The molecule has 1 aromatic carbocycles. The zero-order chi connectivity index (χ0) is 9.30. The van der Waals surface area contributed by atoms with E-state index in [9.17, 15) is 5.11 Å². The maximum atomic E-state index is 9.22. The summed E-state index contributed by atoms with van der Waals surface area (Å²) in [7, 11) is 1.33.